The summed E-state index contributed by atoms with van der Waals surface area (Å²) >= 11 is 3.34. The number of halogens is 1. The van der Waals surface area contributed by atoms with Gasteiger partial charge in [0.15, 0.2) is 0 Å². The molecular weight excluding hydrogens is 232 g/mol. The Hall–Kier alpha value is -0.870. The lowest BCUT2D eigenvalue weighted by Gasteiger charge is -2.25. The van der Waals surface area contributed by atoms with Crippen molar-refractivity contribution >= 4 is 22.3 Å². The second-order valence-electron chi connectivity index (χ2n) is 2.52. The summed E-state index contributed by atoms with van der Waals surface area (Å²) in [5.74, 6) is 0. The van der Waals surface area contributed by atoms with Crippen molar-refractivity contribution in [2.45, 2.75) is 0 Å². The normalized spacial score (nSPS) is 17.8. The average molecular weight is 243 g/mol. The molecule has 0 aliphatic carbocycles. The molecule has 1 aliphatic heterocycles. The number of hydrogen-bond donors (Lipinski definition) is 1. The van der Waals surface area contributed by atoms with Gasteiger partial charge in [-0.3, -0.25) is 4.99 Å². The summed E-state index contributed by atoms with van der Waals surface area (Å²) in [6.07, 6.45) is 5.33. The van der Waals surface area contributed by atoms with Gasteiger partial charge in [-0.15, -0.1) is 0 Å². The maximum atomic E-state index is 9.11. The van der Waals surface area contributed by atoms with Crippen LogP contribution in [0.1, 0.15) is 0 Å². The molecule has 3 nitrogen and oxygen atoms in total. The number of nitrogens with zero attached hydrogens (tertiary/aromatic N) is 2. The first-order chi connectivity index (χ1) is 6.20. The lowest BCUT2D eigenvalue weighted by molar-refractivity contribution is 0.307. The van der Waals surface area contributed by atoms with Crippen molar-refractivity contribution in [2.24, 2.45) is 4.99 Å². The minimum atomic E-state index is -0.0457. The van der Waals surface area contributed by atoms with Crippen LogP contribution >= 0.6 is 15.9 Å². The second-order valence-corrected chi connectivity index (χ2v) is 3.38. The lowest BCUT2D eigenvalue weighted by atomic mass is 10.2. The van der Waals surface area contributed by atoms with Gasteiger partial charge in [0.05, 0.1) is 18.6 Å². The van der Waals surface area contributed by atoms with E-state index < -0.39 is 0 Å². The molecule has 0 fully saturated rings. The highest BCUT2D eigenvalue weighted by molar-refractivity contribution is 9.11. The molecule has 0 bridgehead atoms. The van der Waals surface area contributed by atoms with Crippen LogP contribution in [-0.2, 0) is 0 Å². The van der Waals surface area contributed by atoms with Gasteiger partial charge < -0.3 is 10.0 Å². The zero-order chi connectivity index (χ0) is 9.84. The van der Waals surface area contributed by atoms with E-state index in [0.717, 1.165) is 15.9 Å². The first-order valence-electron chi connectivity index (χ1n) is 3.78. The van der Waals surface area contributed by atoms with Crippen molar-refractivity contribution < 1.29 is 5.11 Å². The summed E-state index contributed by atoms with van der Waals surface area (Å²) in [6, 6.07) is 0. The highest BCUT2D eigenvalue weighted by Gasteiger charge is 2.15. The van der Waals surface area contributed by atoms with Crippen molar-refractivity contribution in [1.29, 1.82) is 0 Å². The van der Waals surface area contributed by atoms with Crippen LogP contribution in [0, 0.1) is 0 Å². The number of aliphatic hydroxyl groups is 1. The Morgan fingerprint density at radius 1 is 1.69 bits per heavy atom. The number of allylic oxidation sites excluding steroid dienone is 3. The fourth-order valence-corrected chi connectivity index (χ4v) is 1.49. The molecule has 0 spiro atoms. The Balaban J connectivity index is 3.04. The molecular formula is C9H11BrN2O. The summed E-state index contributed by atoms with van der Waals surface area (Å²) in [7, 11) is 1.68. The summed E-state index contributed by atoms with van der Waals surface area (Å²) in [5.41, 5.74) is 1.54. The molecule has 1 N–H and O–H groups in total. The number of rotatable bonds is 2. The predicted octanol–water partition coefficient (Wildman–Crippen LogP) is 1.63. The van der Waals surface area contributed by atoms with Gasteiger partial charge in [0, 0.05) is 17.2 Å². The monoisotopic (exact) mass is 242 g/mol. The van der Waals surface area contributed by atoms with Crippen molar-refractivity contribution in [2.75, 3.05) is 13.7 Å². The van der Waals surface area contributed by atoms with E-state index in [1.54, 1.807) is 18.3 Å². The zero-order valence-electron chi connectivity index (χ0n) is 7.37. The van der Waals surface area contributed by atoms with E-state index in [1.165, 1.54) is 0 Å². The van der Waals surface area contributed by atoms with Crippen LogP contribution in [0.2, 0.25) is 0 Å². The molecule has 13 heavy (non-hydrogen) atoms. The van der Waals surface area contributed by atoms with Crippen LogP contribution in [0.5, 0.6) is 0 Å². The first-order valence-corrected chi connectivity index (χ1v) is 4.58. The summed E-state index contributed by atoms with van der Waals surface area (Å²) in [6.45, 7) is 3.78. The fraction of sp³-hybridized carbons (Fsp3) is 0.222. The predicted molar refractivity (Wildman–Crippen MR) is 57.6 cm³/mol. The van der Waals surface area contributed by atoms with Crippen LogP contribution in [0.25, 0.3) is 0 Å². The third kappa shape index (κ3) is 2.08. The smallest absolute Gasteiger partial charge is 0.0935 e. The molecule has 0 amide bonds. The molecule has 70 valence electrons. The SMILES string of the molecule is C=C1C=CC(Br)=C(CO)N1C=NC. The van der Waals surface area contributed by atoms with Gasteiger partial charge in [-0.05, 0) is 28.1 Å². The molecule has 0 saturated heterocycles. The van der Waals surface area contributed by atoms with Crippen molar-refractivity contribution in [1.82, 2.24) is 4.90 Å². The highest BCUT2D eigenvalue weighted by atomic mass is 79.9. The van der Waals surface area contributed by atoms with E-state index in [2.05, 4.69) is 27.5 Å². The largest absolute Gasteiger partial charge is 0.390 e. The third-order valence-electron chi connectivity index (χ3n) is 1.68. The summed E-state index contributed by atoms with van der Waals surface area (Å²) in [4.78, 5) is 5.62. The standard InChI is InChI=1S/C9H11BrN2O/c1-7-3-4-8(10)9(5-13)12(7)6-11-2/h3-4,6,13H,1,5H2,2H3. The van der Waals surface area contributed by atoms with E-state index >= 15 is 0 Å². The zero-order valence-corrected chi connectivity index (χ0v) is 8.95. The molecule has 1 aliphatic rings. The van der Waals surface area contributed by atoms with Crippen LogP contribution in [0.3, 0.4) is 0 Å². The Morgan fingerprint density at radius 3 is 2.92 bits per heavy atom. The van der Waals surface area contributed by atoms with E-state index in [4.69, 9.17) is 5.11 Å². The Kier molecular flexibility index (Phi) is 3.45. The van der Waals surface area contributed by atoms with E-state index in [9.17, 15) is 0 Å². The van der Waals surface area contributed by atoms with Gasteiger partial charge in [-0.1, -0.05) is 6.58 Å². The minimum absolute atomic E-state index is 0.0457. The van der Waals surface area contributed by atoms with Gasteiger partial charge in [-0.25, -0.2) is 0 Å². The molecule has 1 rings (SSSR count). The molecule has 4 heteroatoms. The summed E-state index contributed by atoms with van der Waals surface area (Å²) < 4.78 is 0.849. The fourth-order valence-electron chi connectivity index (χ4n) is 1.05. The van der Waals surface area contributed by atoms with E-state index in [-0.39, 0.29) is 6.61 Å². The second kappa shape index (κ2) is 4.39. The molecule has 0 unspecified atom stereocenters. The average Bonchev–Trinajstić information content (AvgIpc) is 2.12. The number of aliphatic imine (C=N–C) groups is 1. The Morgan fingerprint density at radius 2 is 2.38 bits per heavy atom. The van der Waals surface area contributed by atoms with Gasteiger partial charge in [0.2, 0.25) is 0 Å². The van der Waals surface area contributed by atoms with Crippen molar-refractivity contribution in [3.63, 3.8) is 0 Å². The molecule has 0 radical (unpaired) electrons. The van der Waals surface area contributed by atoms with Crippen LogP contribution in [0.15, 0.2) is 39.6 Å². The van der Waals surface area contributed by atoms with Gasteiger partial charge >= 0.3 is 0 Å². The van der Waals surface area contributed by atoms with Crippen molar-refractivity contribution in [3.05, 3.63) is 34.6 Å². The van der Waals surface area contributed by atoms with Crippen LogP contribution < -0.4 is 0 Å². The van der Waals surface area contributed by atoms with Crippen LogP contribution in [-0.4, -0.2) is 30.0 Å². The first kappa shape index (κ1) is 10.2. The molecule has 0 aromatic rings. The topological polar surface area (TPSA) is 35.8 Å². The Bertz CT molecular complexity index is 305. The van der Waals surface area contributed by atoms with Gasteiger partial charge in [0.1, 0.15) is 0 Å². The van der Waals surface area contributed by atoms with Crippen LogP contribution in [0.4, 0.5) is 0 Å². The molecule has 0 saturated carbocycles. The van der Waals surface area contributed by atoms with E-state index in [1.807, 2.05) is 12.2 Å². The number of hydrogen-bond acceptors (Lipinski definition) is 2. The highest BCUT2D eigenvalue weighted by Crippen LogP contribution is 2.24. The quantitative estimate of drug-likeness (QED) is 0.591. The van der Waals surface area contributed by atoms with E-state index in [0.29, 0.717) is 0 Å². The molecule has 0 aromatic carbocycles. The molecule has 1 heterocycles. The van der Waals surface area contributed by atoms with Gasteiger partial charge in [-0.2, -0.15) is 0 Å². The molecule has 0 aromatic heterocycles. The maximum absolute atomic E-state index is 9.11. The lowest BCUT2D eigenvalue weighted by Crippen LogP contribution is -2.24. The Labute approximate surface area is 85.9 Å². The minimum Gasteiger partial charge on any atom is -0.390 e. The molecule has 0 atom stereocenters. The maximum Gasteiger partial charge on any atom is 0.0935 e. The third-order valence-corrected chi connectivity index (χ3v) is 2.40. The van der Waals surface area contributed by atoms with Gasteiger partial charge in [0.25, 0.3) is 0 Å². The summed E-state index contributed by atoms with van der Waals surface area (Å²) in [5, 5.41) is 9.11. The number of aliphatic hydroxyl groups excluding tert-OH is 1. The van der Waals surface area contributed by atoms with Crippen molar-refractivity contribution in [3.8, 4) is 0 Å².